The van der Waals surface area contributed by atoms with Crippen LogP contribution < -0.4 is 11.2 Å². The normalized spacial score (nSPS) is 16.6. The van der Waals surface area contributed by atoms with Crippen LogP contribution in [-0.2, 0) is 0 Å². The largest absolute Gasteiger partial charge is 0.437 e. The van der Waals surface area contributed by atoms with Crippen molar-refractivity contribution in [3.05, 3.63) is 31.0 Å². The lowest BCUT2D eigenvalue weighted by atomic mass is 9.95. The Hall–Kier alpha value is -2.45. The van der Waals surface area contributed by atoms with Crippen LogP contribution >= 0.6 is 0 Å². The van der Waals surface area contributed by atoms with Gasteiger partial charge < -0.3 is 10.1 Å². The maximum atomic E-state index is 11.7. The molecule has 0 atom stereocenters. The van der Waals surface area contributed by atoms with Gasteiger partial charge >= 0.3 is 11.6 Å². The van der Waals surface area contributed by atoms with Crippen LogP contribution in [0.5, 0.6) is 0 Å². The van der Waals surface area contributed by atoms with Gasteiger partial charge in [0.25, 0.3) is 11.1 Å². The summed E-state index contributed by atoms with van der Waals surface area (Å²) in [6.07, 6.45) is 4.58. The lowest BCUT2D eigenvalue weighted by molar-refractivity contribution is -0.397. The Morgan fingerprint density at radius 2 is 1.90 bits per heavy atom. The second-order valence-corrected chi connectivity index (χ2v) is 4.94. The van der Waals surface area contributed by atoms with Crippen LogP contribution in [0.25, 0.3) is 11.2 Å². The standard InChI is InChI=1S/C11H13N5O4/c17-9-7-8(13-10(18)14-9)15(11(12-7)16(19)20)6-4-2-1-3-5-6/h6H,1-5H2,(H2,13,14,17,18). The molecule has 0 amide bonds. The first kappa shape index (κ1) is 12.6. The van der Waals surface area contributed by atoms with E-state index < -0.39 is 16.2 Å². The first-order valence-electron chi connectivity index (χ1n) is 6.47. The van der Waals surface area contributed by atoms with Gasteiger partial charge in [0.05, 0.1) is 6.04 Å². The number of H-pyrrole nitrogens is 2. The molecule has 3 rings (SSSR count). The number of imidazole rings is 1. The summed E-state index contributed by atoms with van der Waals surface area (Å²) in [6, 6.07) is -0.105. The van der Waals surface area contributed by atoms with E-state index in [1.807, 2.05) is 4.98 Å². The maximum Gasteiger partial charge on any atom is 0.437 e. The van der Waals surface area contributed by atoms with Crippen molar-refractivity contribution in [2.75, 3.05) is 0 Å². The molecule has 0 spiro atoms. The van der Waals surface area contributed by atoms with Crippen LogP contribution in [0.3, 0.4) is 0 Å². The molecule has 2 aromatic heterocycles. The number of nitrogens with zero attached hydrogens (tertiary/aromatic N) is 3. The van der Waals surface area contributed by atoms with Crippen molar-refractivity contribution >= 4 is 17.1 Å². The molecule has 9 heteroatoms. The number of hydrogen-bond acceptors (Lipinski definition) is 5. The topological polar surface area (TPSA) is 127 Å². The number of hydrogen-bond donors (Lipinski definition) is 2. The molecule has 0 saturated heterocycles. The summed E-state index contributed by atoms with van der Waals surface area (Å²) in [5, 5.41) is 11.1. The second kappa shape index (κ2) is 4.58. The molecule has 0 bridgehead atoms. The Bertz CT molecular complexity index is 780. The molecule has 1 aliphatic rings. The maximum absolute atomic E-state index is 11.7. The molecule has 1 aliphatic carbocycles. The Kier molecular flexibility index (Phi) is 2.88. The van der Waals surface area contributed by atoms with Gasteiger partial charge in [0, 0.05) is 0 Å². The molecular weight excluding hydrogens is 266 g/mol. The van der Waals surface area contributed by atoms with Crippen molar-refractivity contribution < 1.29 is 4.92 Å². The van der Waals surface area contributed by atoms with Gasteiger partial charge in [-0.2, -0.15) is 0 Å². The zero-order chi connectivity index (χ0) is 14.3. The number of aromatic amines is 2. The van der Waals surface area contributed by atoms with E-state index >= 15 is 0 Å². The quantitative estimate of drug-likeness (QED) is 0.621. The van der Waals surface area contributed by atoms with Gasteiger partial charge in [-0.25, -0.2) is 9.36 Å². The van der Waals surface area contributed by atoms with Crippen LogP contribution in [0.1, 0.15) is 38.1 Å². The predicted molar refractivity (Wildman–Crippen MR) is 69.8 cm³/mol. The van der Waals surface area contributed by atoms with E-state index in [0.29, 0.717) is 0 Å². The second-order valence-electron chi connectivity index (χ2n) is 4.94. The van der Waals surface area contributed by atoms with Crippen molar-refractivity contribution in [1.29, 1.82) is 0 Å². The summed E-state index contributed by atoms with van der Waals surface area (Å²) in [4.78, 5) is 41.9. The van der Waals surface area contributed by atoms with Crippen molar-refractivity contribution in [3.8, 4) is 0 Å². The molecule has 0 aromatic carbocycles. The van der Waals surface area contributed by atoms with Crippen LogP contribution in [0.2, 0.25) is 0 Å². The molecule has 0 radical (unpaired) electrons. The fourth-order valence-corrected chi connectivity index (χ4v) is 2.81. The van der Waals surface area contributed by atoms with Crippen LogP contribution in [0.4, 0.5) is 5.95 Å². The average Bonchev–Trinajstić information content (AvgIpc) is 2.79. The molecule has 9 nitrogen and oxygen atoms in total. The van der Waals surface area contributed by atoms with Gasteiger partial charge in [0.15, 0.2) is 0 Å². The van der Waals surface area contributed by atoms with Gasteiger partial charge in [0.2, 0.25) is 5.65 Å². The first-order chi connectivity index (χ1) is 9.58. The molecule has 2 heterocycles. The van der Waals surface area contributed by atoms with Crippen LogP contribution in [0, 0.1) is 10.1 Å². The minimum atomic E-state index is -0.707. The van der Waals surface area contributed by atoms with Crippen molar-refractivity contribution in [2.24, 2.45) is 0 Å². The number of aromatic nitrogens is 4. The average molecular weight is 279 g/mol. The Morgan fingerprint density at radius 3 is 2.55 bits per heavy atom. The van der Waals surface area contributed by atoms with E-state index in [1.54, 1.807) is 0 Å². The third kappa shape index (κ3) is 1.91. The summed E-state index contributed by atoms with van der Waals surface area (Å²) < 4.78 is 1.39. The smallest absolute Gasteiger partial charge is 0.390 e. The van der Waals surface area contributed by atoms with Crippen molar-refractivity contribution in [3.63, 3.8) is 0 Å². The van der Waals surface area contributed by atoms with Gasteiger partial charge in [-0.1, -0.05) is 11.4 Å². The van der Waals surface area contributed by atoms with E-state index in [4.69, 9.17) is 0 Å². The highest BCUT2D eigenvalue weighted by atomic mass is 16.6. The van der Waals surface area contributed by atoms with E-state index in [0.717, 1.165) is 32.1 Å². The third-order valence-corrected chi connectivity index (χ3v) is 3.67. The van der Waals surface area contributed by atoms with E-state index in [2.05, 4.69) is 9.97 Å². The molecular formula is C11H13N5O4. The molecule has 1 fully saturated rings. The molecule has 106 valence electrons. The van der Waals surface area contributed by atoms with Gasteiger partial charge in [-0.15, -0.1) is 0 Å². The van der Waals surface area contributed by atoms with E-state index in [1.165, 1.54) is 4.57 Å². The van der Waals surface area contributed by atoms with Crippen molar-refractivity contribution in [1.82, 2.24) is 19.5 Å². The SMILES string of the molecule is O=c1[nH]c(=O)c2nc([N+](=O)[O-])n(C3CCCCC3)c2[nH]1. The number of nitrogens with one attached hydrogen (secondary N) is 2. The zero-order valence-electron chi connectivity index (χ0n) is 10.6. The minimum Gasteiger partial charge on any atom is -0.390 e. The highest BCUT2D eigenvalue weighted by Gasteiger charge is 2.31. The summed E-state index contributed by atoms with van der Waals surface area (Å²) >= 11 is 0. The summed E-state index contributed by atoms with van der Waals surface area (Å²) in [7, 11) is 0. The highest BCUT2D eigenvalue weighted by Crippen LogP contribution is 2.33. The number of rotatable bonds is 2. The summed E-state index contributed by atoms with van der Waals surface area (Å²) in [6.45, 7) is 0. The fraction of sp³-hybridized carbons (Fsp3) is 0.545. The molecule has 2 N–H and O–H groups in total. The Morgan fingerprint density at radius 1 is 1.20 bits per heavy atom. The van der Waals surface area contributed by atoms with E-state index in [9.17, 15) is 19.7 Å². The monoisotopic (exact) mass is 279 g/mol. The lowest BCUT2D eigenvalue weighted by Gasteiger charge is -2.20. The Balaban J connectivity index is 2.31. The Labute approximate surface area is 111 Å². The molecule has 2 aromatic rings. The summed E-state index contributed by atoms with van der Waals surface area (Å²) in [5.74, 6) is -0.390. The summed E-state index contributed by atoms with van der Waals surface area (Å²) in [5.41, 5.74) is -1.35. The lowest BCUT2D eigenvalue weighted by Crippen LogP contribution is -2.23. The van der Waals surface area contributed by atoms with Crippen LogP contribution in [-0.4, -0.2) is 24.4 Å². The molecule has 0 unspecified atom stereocenters. The number of nitro groups is 1. The molecule has 1 saturated carbocycles. The molecule has 0 aliphatic heterocycles. The van der Waals surface area contributed by atoms with Crippen LogP contribution in [0.15, 0.2) is 9.59 Å². The fourth-order valence-electron chi connectivity index (χ4n) is 2.81. The number of fused-ring (bicyclic) bond motifs is 1. The van der Waals surface area contributed by atoms with Gasteiger partial charge in [0.1, 0.15) is 0 Å². The first-order valence-corrected chi connectivity index (χ1v) is 6.47. The molecule has 20 heavy (non-hydrogen) atoms. The zero-order valence-corrected chi connectivity index (χ0v) is 10.6. The van der Waals surface area contributed by atoms with E-state index in [-0.39, 0.29) is 23.2 Å². The predicted octanol–water partition coefficient (Wildman–Crippen LogP) is 0.826. The van der Waals surface area contributed by atoms with Crippen molar-refractivity contribution in [2.45, 2.75) is 38.1 Å². The minimum absolute atomic E-state index is 0.0955. The van der Waals surface area contributed by atoms with Gasteiger partial charge in [-0.3, -0.25) is 14.8 Å². The third-order valence-electron chi connectivity index (χ3n) is 3.67. The van der Waals surface area contributed by atoms with Gasteiger partial charge in [-0.05, 0) is 30.6 Å². The highest BCUT2D eigenvalue weighted by molar-refractivity contribution is 5.71.